The summed E-state index contributed by atoms with van der Waals surface area (Å²) in [6.07, 6.45) is 1.65. The predicted octanol–water partition coefficient (Wildman–Crippen LogP) is 1.25. The molecule has 0 unspecified atom stereocenters. The summed E-state index contributed by atoms with van der Waals surface area (Å²) < 4.78 is 13.3. The van der Waals surface area contributed by atoms with E-state index in [-0.39, 0.29) is 5.56 Å². The first kappa shape index (κ1) is 9.70. The van der Waals surface area contributed by atoms with Crippen LogP contribution in [-0.2, 0) is 6.54 Å². The van der Waals surface area contributed by atoms with Gasteiger partial charge in [0.1, 0.15) is 5.56 Å². The van der Waals surface area contributed by atoms with Crippen molar-refractivity contribution >= 4 is 5.97 Å². The monoisotopic (exact) mass is 186 g/mol. The topological polar surface area (TPSA) is 55.1 Å². The molecule has 13 heavy (non-hydrogen) atoms. The number of nitrogens with zero attached hydrogens (tertiary/aromatic N) is 2. The van der Waals surface area contributed by atoms with Crippen molar-refractivity contribution in [3.63, 3.8) is 0 Å². The Hall–Kier alpha value is -1.39. The van der Waals surface area contributed by atoms with Crippen molar-refractivity contribution in [1.82, 2.24) is 9.78 Å². The Labute approximate surface area is 75.0 Å². The molecule has 0 aromatic carbocycles. The van der Waals surface area contributed by atoms with Gasteiger partial charge in [-0.2, -0.15) is 5.10 Å². The zero-order chi connectivity index (χ0) is 9.84. The molecule has 1 aromatic heterocycles. The van der Waals surface area contributed by atoms with E-state index < -0.39 is 12.6 Å². The van der Waals surface area contributed by atoms with Gasteiger partial charge in [0, 0.05) is 12.2 Å². The van der Waals surface area contributed by atoms with Gasteiger partial charge in [0.2, 0.25) is 0 Å². The average molecular weight is 186 g/mol. The molecule has 5 heteroatoms. The Morgan fingerprint density at radius 1 is 1.77 bits per heavy atom. The van der Waals surface area contributed by atoms with Gasteiger partial charge >= 0.3 is 5.97 Å². The minimum Gasteiger partial charge on any atom is -0.478 e. The molecule has 0 bridgehead atoms. The van der Waals surface area contributed by atoms with E-state index in [1.54, 1.807) is 6.92 Å². The van der Waals surface area contributed by atoms with Gasteiger partial charge in [-0.3, -0.25) is 9.07 Å². The second-order valence-corrected chi connectivity index (χ2v) is 2.71. The Kier molecular flexibility index (Phi) is 3.00. The molecule has 1 heterocycles. The lowest BCUT2D eigenvalue weighted by Crippen LogP contribution is -2.05. The molecule has 0 fully saturated rings. The zero-order valence-corrected chi connectivity index (χ0v) is 7.33. The summed E-state index contributed by atoms with van der Waals surface area (Å²) in [5, 5.41) is 12.5. The summed E-state index contributed by atoms with van der Waals surface area (Å²) in [6, 6.07) is 0. The molecular formula is C8H11FN2O2. The lowest BCUT2D eigenvalue weighted by atomic mass is 10.3. The van der Waals surface area contributed by atoms with E-state index >= 15 is 0 Å². The van der Waals surface area contributed by atoms with Gasteiger partial charge in [0.25, 0.3) is 0 Å². The molecular weight excluding hydrogens is 175 g/mol. The number of aromatic nitrogens is 2. The molecule has 0 radical (unpaired) electrons. The highest BCUT2D eigenvalue weighted by atomic mass is 19.1. The van der Waals surface area contributed by atoms with E-state index in [4.69, 9.17) is 5.11 Å². The van der Waals surface area contributed by atoms with Gasteiger partial charge in [0.05, 0.1) is 12.9 Å². The normalized spacial score (nSPS) is 10.3. The first-order valence-electron chi connectivity index (χ1n) is 3.98. The fourth-order valence-corrected chi connectivity index (χ4v) is 1.09. The summed E-state index contributed by atoms with van der Waals surface area (Å²) in [7, 11) is 0. The highest BCUT2D eigenvalue weighted by Gasteiger charge is 2.11. The van der Waals surface area contributed by atoms with Crippen LogP contribution in [0.3, 0.4) is 0 Å². The van der Waals surface area contributed by atoms with E-state index in [1.807, 2.05) is 0 Å². The first-order chi connectivity index (χ1) is 6.16. The first-order valence-corrected chi connectivity index (χ1v) is 3.98. The third-order valence-corrected chi connectivity index (χ3v) is 1.84. The Balaban J connectivity index is 2.80. The van der Waals surface area contributed by atoms with Crippen molar-refractivity contribution in [2.24, 2.45) is 0 Å². The van der Waals surface area contributed by atoms with Crippen LogP contribution in [0.2, 0.25) is 0 Å². The highest BCUT2D eigenvalue weighted by molar-refractivity contribution is 5.88. The number of carboxylic acids is 1. The van der Waals surface area contributed by atoms with Crippen LogP contribution in [0.1, 0.15) is 22.5 Å². The third-order valence-electron chi connectivity index (χ3n) is 1.84. The van der Waals surface area contributed by atoms with Crippen molar-refractivity contribution in [2.45, 2.75) is 19.9 Å². The molecule has 1 aromatic rings. The minimum atomic E-state index is -0.996. The second-order valence-electron chi connectivity index (χ2n) is 2.71. The molecule has 0 aliphatic rings. The summed E-state index contributed by atoms with van der Waals surface area (Å²) in [4.78, 5) is 10.6. The smallest absolute Gasteiger partial charge is 0.339 e. The molecule has 0 amide bonds. The fourth-order valence-electron chi connectivity index (χ4n) is 1.09. The maximum Gasteiger partial charge on any atom is 0.339 e. The van der Waals surface area contributed by atoms with E-state index in [0.717, 1.165) is 0 Å². The van der Waals surface area contributed by atoms with Crippen molar-refractivity contribution in [2.75, 3.05) is 6.67 Å². The van der Waals surface area contributed by atoms with Gasteiger partial charge in [-0.25, -0.2) is 4.79 Å². The van der Waals surface area contributed by atoms with Gasteiger partial charge in [-0.15, -0.1) is 0 Å². The average Bonchev–Trinajstić information content (AvgIpc) is 2.43. The van der Waals surface area contributed by atoms with Crippen LogP contribution in [-0.4, -0.2) is 27.5 Å². The number of halogens is 1. The fraction of sp³-hybridized carbons (Fsp3) is 0.500. The molecule has 72 valence electrons. The summed E-state index contributed by atoms with van der Waals surface area (Å²) in [6.45, 7) is 1.67. The van der Waals surface area contributed by atoms with Crippen LogP contribution in [0.5, 0.6) is 0 Å². The quantitative estimate of drug-likeness (QED) is 0.769. The van der Waals surface area contributed by atoms with Crippen LogP contribution in [0, 0.1) is 6.92 Å². The zero-order valence-electron chi connectivity index (χ0n) is 7.33. The van der Waals surface area contributed by atoms with Crippen molar-refractivity contribution in [3.05, 3.63) is 17.5 Å². The Morgan fingerprint density at radius 2 is 2.46 bits per heavy atom. The molecule has 0 atom stereocenters. The number of rotatable bonds is 4. The van der Waals surface area contributed by atoms with E-state index in [9.17, 15) is 9.18 Å². The SMILES string of the molecule is Cc1c(C(=O)O)cnn1CCCF. The number of hydrogen-bond acceptors (Lipinski definition) is 2. The van der Waals surface area contributed by atoms with E-state index in [2.05, 4.69) is 5.10 Å². The molecule has 0 aliphatic carbocycles. The Bertz CT molecular complexity index is 309. The summed E-state index contributed by atoms with van der Waals surface area (Å²) in [5.74, 6) is -0.996. The van der Waals surface area contributed by atoms with Gasteiger partial charge < -0.3 is 5.11 Å². The maximum atomic E-state index is 11.8. The van der Waals surface area contributed by atoms with Crippen molar-refractivity contribution in [3.8, 4) is 0 Å². The lowest BCUT2D eigenvalue weighted by molar-refractivity contribution is 0.0696. The van der Waals surface area contributed by atoms with Crippen LogP contribution < -0.4 is 0 Å². The maximum absolute atomic E-state index is 11.8. The molecule has 0 saturated carbocycles. The number of carboxylic acid groups (broad SMARTS) is 1. The van der Waals surface area contributed by atoms with E-state index in [0.29, 0.717) is 18.7 Å². The van der Waals surface area contributed by atoms with Gasteiger partial charge in [-0.1, -0.05) is 0 Å². The second kappa shape index (κ2) is 4.02. The van der Waals surface area contributed by atoms with Gasteiger partial charge in [-0.05, 0) is 13.3 Å². The molecule has 1 N–H and O–H groups in total. The van der Waals surface area contributed by atoms with Crippen LogP contribution in [0.25, 0.3) is 0 Å². The number of carbonyl (C=O) groups is 1. The lowest BCUT2D eigenvalue weighted by Gasteiger charge is -2.01. The highest BCUT2D eigenvalue weighted by Crippen LogP contribution is 2.07. The number of aromatic carboxylic acids is 1. The van der Waals surface area contributed by atoms with Crippen molar-refractivity contribution in [1.29, 1.82) is 0 Å². The molecule has 0 spiro atoms. The standard InChI is InChI=1S/C8H11FN2O2/c1-6-7(8(12)13)5-10-11(6)4-2-3-9/h5H,2-4H2,1H3,(H,12,13). The number of alkyl halides is 1. The summed E-state index contributed by atoms with van der Waals surface area (Å²) in [5.41, 5.74) is 0.750. The number of hydrogen-bond donors (Lipinski definition) is 1. The van der Waals surface area contributed by atoms with Crippen LogP contribution in [0.4, 0.5) is 4.39 Å². The molecule has 1 rings (SSSR count). The van der Waals surface area contributed by atoms with Crippen molar-refractivity contribution < 1.29 is 14.3 Å². The largest absolute Gasteiger partial charge is 0.478 e. The summed E-state index contributed by atoms with van der Waals surface area (Å²) >= 11 is 0. The third kappa shape index (κ3) is 2.05. The molecule has 0 saturated heterocycles. The number of aryl methyl sites for hydroxylation is 1. The Morgan fingerprint density at radius 3 is 2.92 bits per heavy atom. The molecule has 4 nitrogen and oxygen atoms in total. The van der Waals surface area contributed by atoms with Crippen LogP contribution >= 0.6 is 0 Å². The van der Waals surface area contributed by atoms with Crippen LogP contribution in [0.15, 0.2) is 6.20 Å². The minimum absolute atomic E-state index is 0.179. The van der Waals surface area contributed by atoms with Gasteiger partial charge in [0.15, 0.2) is 0 Å². The predicted molar refractivity (Wildman–Crippen MR) is 44.5 cm³/mol. The molecule has 0 aliphatic heterocycles. The van der Waals surface area contributed by atoms with E-state index in [1.165, 1.54) is 10.9 Å².